The first-order valence-electron chi connectivity index (χ1n) is 7.13. The Bertz CT molecular complexity index is 726. The second-order valence-electron chi connectivity index (χ2n) is 5.11. The van der Waals surface area contributed by atoms with E-state index < -0.39 is 41.4 Å². The number of hydrogen-bond donors (Lipinski definition) is 2. The molecule has 0 unspecified atom stereocenters. The molecule has 8 heteroatoms. The molecule has 1 heterocycles. The highest BCUT2D eigenvalue weighted by atomic mass is 19.2. The van der Waals surface area contributed by atoms with Gasteiger partial charge in [0.05, 0.1) is 6.54 Å². The molecule has 1 aromatic heterocycles. The number of urea groups is 1. The second kappa shape index (κ2) is 7.76. The van der Waals surface area contributed by atoms with Crippen molar-refractivity contribution in [3.05, 3.63) is 64.5 Å². The fraction of sp³-hybridized carbons (Fsp3) is 0.250. The number of hydrogen-bond acceptors (Lipinski definition) is 2. The summed E-state index contributed by atoms with van der Waals surface area (Å²) in [4.78, 5) is 15.6. The van der Waals surface area contributed by atoms with Gasteiger partial charge in [0.2, 0.25) is 0 Å². The predicted octanol–water partition coefficient (Wildman–Crippen LogP) is 2.99. The van der Waals surface area contributed by atoms with Gasteiger partial charge in [-0.05, 0) is 30.5 Å². The van der Waals surface area contributed by atoms with E-state index in [4.69, 9.17) is 0 Å². The third-order valence-electron chi connectivity index (χ3n) is 3.44. The normalized spacial score (nSPS) is 10.5. The van der Waals surface area contributed by atoms with E-state index in [0.29, 0.717) is 6.42 Å². The maximum Gasteiger partial charge on any atom is 0.315 e. The minimum absolute atomic E-state index is 0.116. The Morgan fingerprint density at radius 3 is 2.42 bits per heavy atom. The predicted molar refractivity (Wildman–Crippen MR) is 79.2 cm³/mol. The van der Waals surface area contributed by atoms with Crippen molar-refractivity contribution in [3.8, 4) is 0 Å². The molecule has 0 aliphatic carbocycles. The smallest absolute Gasteiger partial charge is 0.315 e. The van der Waals surface area contributed by atoms with Crippen molar-refractivity contribution < 1.29 is 22.4 Å². The fourth-order valence-corrected chi connectivity index (χ4v) is 2.10. The number of carbonyl (C=O) groups is 1. The van der Waals surface area contributed by atoms with E-state index in [9.17, 15) is 22.4 Å². The van der Waals surface area contributed by atoms with Crippen molar-refractivity contribution in [2.24, 2.45) is 0 Å². The van der Waals surface area contributed by atoms with Crippen molar-refractivity contribution in [2.75, 3.05) is 6.54 Å². The Morgan fingerprint density at radius 2 is 1.79 bits per heavy atom. The standard InChI is InChI=1S/C16H15F4N3O/c1-9-7-21-4-2-10(9)3-5-22-16(24)23-8-11-14(19)12(17)6-13(18)15(11)20/h2,4,6-7H,3,5,8H2,1H3,(H2,22,23,24). The molecule has 1 aromatic carbocycles. The van der Waals surface area contributed by atoms with E-state index in [-0.39, 0.29) is 12.6 Å². The zero-order valence-corrected chi connectivity index (χ0v) is 12.8. The number of halogens is 4. The van der Waals surface area contributed by atoms with Crippen LogP contribution in [0.5, 0.6) is 0 Å². The van der Waals surface area contributed by atoms with Crippen LogP contribution in [0.15, 0.2) is 24.5 Å². The summed E-state index contributed by atoms with van der Waals surface area (Å²) in [6.45, 7) is 1.48. The molecule has 2 N–H and O–H groups in total. The highest BCUT2D eigenvalue weighted by Crippen LogP contribution is 2.18. The molecule has 128 valence electrons. The Balaban J connectivity index is 1.87. The number of amides is 2. The average Bonchev–Trinajstić information content (AvgIpc) is 2.55. The highest BCUT2D eigenvalue weighted by molar-refractivity contribution is 5.73. The van der Waals surface area contributed by atoms with E-state index in [1.54, 1.807) is 12.4 Å². The van der Waals surface area contributed by atoms with Crippen LogP contribution >= 0.6 is 0 Å². The molecule has 0 bridgehead atoms. The molecule has 0 saturated carbocycles. The largest absolute Gasteiger partial charge is 0.338 e. The quantitative estimate of drug-likeness (QED) is 0.649. The number of benzene rings is 1. The molecule has 0 aliphatic heterocycles. The summed E-state index contributed by atoms with van der Waals surface area (Å²) in [6.07, 6.45) is 3.87. The minimum atomic E-state index is -1.53. The first kappa shape index (κ1) is 17.7. The minimum Gasteiger partial charge on any atom is -0.338 e. The highest BCUT2D eigenvalue weighted by Gasteiger charge is 2.19. The monoisotopic (exact) mass is 341 g/mol. The van der Waals surface area contributed by atoms with E-state index in [2.05, 4.69) is 15.6 Å². The summed E-state index contributed by atoms with van der Waals surface area (Å²) in [7, 11) is 0. The van der Waals surface area contributed by atoms with Crippen LogP contribution in [0.25, 0.3) is 0 Å². The van der Waals surface area contributed by atoms with Crippen LogP contribution < -0.4 is 10.6 Å². The summed E-state index contributed by atoms with van der Waals surface area (Å²) in [5.74, 6) is -6.08. The van der Waals surface area contributed by atoms with Crippen molar-refractivity contribution in [2.45, 2.75) is 19.9 Å². The fourth-order valence-electron chi connectivity index (χ4n) is 2.10. The SMILES string of the molecule is Cc1cnccc1CCNC(=O)NCc1c(F)c(F)cc(F)c1F. The van der Waals surface area contributed by atoms with Crippen molar-refractivity contribution in [1.82, 2.24) is 15.6 Å². The van der Waals surface area contributed by atoms with E-state index >= 15 is 0 Å². The molecular formula is C16H15F4N3O. The molecule has 2 amide bonds. The molecule has 0 atom stereocenters. The molecule has 2 aromatic rings. The van der Waals surface area contributed by atoms with Crippen LogP contribution in [0.1, 0.15) is 16.7 Å². The number of aromatic nitrogens is 1. The van der Waals surface area contributed by atoms with E-state index in [0.717, 1.165) is 11.1 Å². The van der Waals surface area contributed by atoms with Crippen LogP contribution in [0.4, 0.5) is 22.4 Å². The Labute approximate surface area is 135 Å². The molecule has 0 aliphatic rings. The van der Waals surface area contributed by atoms with Crippen LogP contribution in [0.2, 0.25) is 0 Å². The number of rotatable bonds is 5. The van der Waals surface area contributed by atoms with Gasteiger partial charge >= 0.3 is 6.03 Å². The maximum absolute atomic E-state index is 13.5. The van der Waals surface area contributed by atoms with Gasteiger partial charge in [-0.25, -0.2) is 22.4 Å². The summed E-state index contributed by atoms with van der Waals surface area (Å²) in [5, 5.41) is 4.65. The van der Waals surface area contributed by atoms with Crippen LogP contribution in [0.3, 0.4) is 0 Å². The van der Waals surface area contributed by atoms with Gasteiger partial charge in [0.1, 0.15) is 0 Å². The lowest BCUT2D eigenvalue weighted by atomic mass is 10.1. The van der Waals surface area contributed by atoms with Gasteiger partial charge in [0, 0.05) is 30.6 Å². The molecule has 0 saturated heterocycles. The average molecular weight is 341 g/mol. The molecule has 0 spiro atoms. The van der Waals surface area contributed by atoms with Gasteiger partial charge in [0.25, 0.3) is 0 Å². The number of carbonyl (C=O) groups excluding carboxylic acids is 1. The topological polar surface area (TPSA) is 54.0 Å². The molecule has 0 fully saturated rings. The lowest BCUT2D eigenvalue weighted by Crippen LogP contribution is -2.36. The van der Waals surface area contributed by atoms with Crippen molar-refractivity contribution in [3.63, 3.8) is 0 Å². The molecule has 0 radical (unpaired) electrons. The lowest BCUT2D eigenvalue weighted by molar-refractivity contribution is 0.240. The summed E-state index contributed by atoms with van der Waals surface area (Å²) < 4.78 is 53.0. The van der Waals surface area contributed by atoms with Gasteiger partial charge in [-0.2, -0.15) is 0 Å². The Kier molecular flexibility index (Phi) is 5.73. The van der Waals surface area contributed by atoms with Gasteiger partial charge in [0.15, 0.2) is 23.3 Å². The van der Waals surface area contributed by atoms with Crippen molar-refractivity contribution in [1.29, 1.82) is 0 Å². The van der Waals surface area contributed by atoms with Crippen molar-refractivity contribution >= 4 is 6.03 Å². The second-order valence-corrected chi connectivity index (χ2v) is 5.11. The zero-order chi connectivity index (χ0) is 17.7. The molecule has 24 heavy (non-hydrogen) atoms. The van der Waals surface area contributed by atoms with Gasteiger partial charge in [-0.3, -0.25) is 4.98 Å². The summed E-state index contributed by atoms with van der Waals surface area (Å²) in [6, 6.07) is 1.23. The molecule has 2 rings (SSSR count). The number of pyridine rings is 1. The first-order chi connectivity index (χ1) is 11.4. The lowest BCUT2D eigenvalue weighted by Gasteiger charge is -2.10. The third-order valence-corrected chi connectivity index (χ3v) is 3.44. The molecular weight excluding hydrogens is 326 g/mol. The number of nitrogens with one attached hydrogen (secondary N) is 2. The number of nitrogens with zero attached hydrogens (tertiary/aromatic N) is 1. The Hall–Kier alpha value is -2.64. The van der Waals surface area contributed by atoms with Crippen LogP contribution in [-0.4, -0.2) is 17.6 Å². The third kappa shape index (κ3) is 4.21. The summed E-state index contributed by atoms with van der Waals surface area (Å²) >= 11 is 0. The first-order valence-corrected chi connectivity index (χ1v) is 7.13. The molecule has 4 nitrogen and oxygen atoms in total. The number of aryl methyl sites for hydroxylation is 1. The van der Waals surface area contributed by atoms with Crippen LogP contribution in [-0.2, 0) is 13.0 Å². The van der Waals surface area contributed by atoms with E-state index in [1.807, 2.05) is 13.0 Å². The Morgan fingerprint density at radius 1 is 1.12 bits per heavy atom. The van der Waals surface area contributed by atoms with Gasteiger partial charge in [-0.15, -0.1) is 0 Å². The van der Waals surface area contributed by atoms with E-state index in [1.165, 1.54) is 0 Å². The van der Waals surface area contributed by atoms with Gasteiger partial charge < -0.3 is 10.6 Å². The van der Waals surface area contributed by atoms with Crippen LogP contribution in [0, 0.1) is 30.2 Å². The zero-order valence-electron chi connectivity index (χ0n) is 12.8. The summed E-state index contributed by atoms with van der Waals surface area (Å²) in [5.41, 5.74) is 1.10. The van der Waals surface area contributed by atoms with Gasteiger partial charge in [-0.1, -0.05) is 0 Å². The maximum atomic E-state index is 13.5.